The van der Waals surface area contributed by atoms with E-state index in [0.717, 1.165) is 45.6 Å². The van der Waals surface area contributed by atoms with Crippen LogP contribution in [0.25, 0.3) is 0 Å². The first-order valence-electron chi connectivity index (χ1n) is 8.80. The summed E-state index contributed by atoms with van der Waals surface area (Å²) in [6.07, 6.45) is 6.19. The van der Waals surface area contributed by atoms with E-state index in [1.54, 1.807) is 7.11 Å². The maximum absolute atomic E-state index is 12.4. The minimum atomic E-state index is 0.176. The van der Waals surface area contributed by atoms with E-state index < -0.39 is 0 Å². The first-order chi connectivity index (χ1) is 11.1. The van der Waals surface area contributed by atoms with Crippen molar-refractivity contribution in [3.8, 4) is 0 Å². The van der Waals surface area contributed by atoms with Crippen LogP contribution in [0.2, 0.25) is 0 Å². The first kappa shape index (κ1) is 19.0. The molecule has 2 aliphatic rings. The molecule has 1 unspecified atom stereocenters. The molecular formula is C17H33N3O2S. The van der Waals surface area contributed by atoms with E-state index in [1.165, 1.54) is 18.7 Å². The average molecular weight is 344 g/mol. The second-order valence-electron chi connectivity index (χ2n) is 6.89. The molecule has 0 aromatic rings. The minimum absolute atomic E-state index is 0.176. The van der Waals surface area contributed by atoms with Gasteiger partial charge in [-0.15, -0.1) is 0 Å². The molecule has 134 valence electrons. The fraction of sp³-hybridized carbons (Fsp3) is 0.941. The molecule has 0 N–H and O–H groups in total. The van der Waals surface area contributed by atoms with Crippen molar-refractivity contribution in [1.29, 1.82) is 0 Å². The van der Waals surface area contributed by atoms with Gasteiger partial charge in [-0.05, 0) is 44.9 Å². The minimum Gasteiger partial charge on any atom is -0.383 e. The molecule has 2 heterocycles. The van der Waals surface area contributed by atoms with Gasteiger partial charge in [0.15, 0.2) is 0 Å². The molecule has 0 aromatic carbocycles. The summed E-state index contributed by atoms with van der Waals surface area (Å²) in [6.45, 7) is 6.81. The summed E-state index contributed by atoms with van der Waals surface area (Å²) in [5.41, 5.74) is 0.176. The van der Waals surface area contributed by atoms with E-state index in [1.807, 2.05) is 16.7 Å². The summed E-state index contributed by atoms with van der Waals surface area (Å²) in [5.74, 6) is 1.54. The number of rotatable bonds is 7. The van der Waals surface area contributed by atoms with Gasteiger partial charge in [0.1, 0.15) is 0 Å². The molecule has 1 spiro atoms. The van der Waals surface area contributed by atoms with Gasteiger partial charge < -0.3 is 14.5 Å². The lowest BCUT2D eigenvalue weighted by atomic mass is 9.86. The number of likely N-dealkylation sites (tertiary alicyclic amines) is 1. The summed E-state index contributed by atoms with van der Waals surface area (Å²) in [5, 5.41) is 0. The Morgan fingerprint density at radius 2 is 2.04 bits per heavy atom. The number of ether oxygens (including phenoxy) is 1. The molecule has 1 atom stereocenters. The summed E-state index contributed by atoms with van der Waals surface area (Å²) in [7, 11) is 3.94. The Morgan fingerprint density at radius 1 is 1.22 bits per heavy atom. The van der Waals surface area contributed by atoms with Crippen LogP contribution in [-0.2, 0) is 9.53 Å². The maximum atomic E-state index is 12.4. The van der Waals surface area contributed by atoms with Gasteiger partial charge in [-0.2, -0.15) is 11.8 Å². The highest BCUT2D eigenvalue weighted by molar-refractivity contribution is 7.98. The molecule has 2 rings (SSSR count). The molecule has 2 saturated heterocycles. The molecule has 23 heavy (non-hydrogen) atoms. The number of carbonyl (C=O) groups excluding carboxylic acids is 1. The summed E-state index contributed by atoms with van der Waals surface area (Å²) < 4.78 is 5.15. The second kappa shape index (κ2) is 9.25. The van der Waals surface area contributed by atoms with Crippen LogP contribution < -0.4 is 0 Å². The number of hydrogen-bond acceptors (Lipinski definition) is 5. The molecule has 5 nitrogen and oxygen atoms in total. The lowest BCUT2D eigenvalue weighted by Crippen LogP contribution is -2.61. The summed E-state index contributed by atoms with van der Waals surface area (Å²) >= 11 is 1.93. The van der Waals surface area contributed by atoms with Gasteiger partial charge in [0.2, 0.25) is 5.91 Å². The molecule has 0 aliphatic carbocycles. The molecule has 2 fully saturated rings. The molecular weight excluding hydrogens is 310 g/mol. The molecule has 6 heteroatoms. The van der Waals surface area contributed by atoms with E-state index in [2.05, 4.69) is 23.1 Å². The molecule has 1 amide bonds. The number of carbonyl (C=O) groups is 1. The van der Waals surface area contributed by atoms with Gasteiger partial charge >= 0.3 is 0 Å². The fourth-order valence-corrected chi connectivity index (χ4v) is 4.25. The van der Waals surface area contributed by atoms with Crippen molar-refractivity contribution in [3.63, 3.8) is 0 Å². The van der Waals surface area contributed by atoms with Crippen molar-refractivity contribution >= 4 is 17.7 Å². The Morgan fingerprint density at radius 3 is 2.78 bits per heavy atom. The van der Waals surface area contributed by atoms with E-state index in [0.29, 0.717) is 18.9 Å². The molecule has 0 radical (unpaired) electrons. The third kappa shape index (κ3) is 5.08. The van der Waals surface area contributed by atoms with Gasteiger partial charge in [-0.3, -0.25) is 9.69 Å². The van der Waals surface area contributed by atoms with Crippen LogP contribution in [0.4, 0.5) is 0 Å². The second-order valence-corrected chi connectivity index (χ2v) is 7.88. The number of amides is 1. The predicted molar refractivity (Wildman–Crippen MR) is 97.1 cm³/mol. The number of nitrogens with zero attached hydrogens (tertiary/aromatic N) is 3. The standard InChI is InChI=1S/C17H33N3O2S/c1-18-10-11-19(8-4-14-23-3)15-17(18)6-5-16(21)20(9-7-17)12-13-22-2/h4-15H2,1-3H3. The van der Waals surface area contributed by atoms with Crippen LogP contribution in [0.3, 0.4) is 0 Å². The Kier molecular flexibility index (Phi) is 7.66. The van der Waals surface area contributed by atoms with Crippen molar-refractivity contribution in [1.82, 2.24) is 14.7 Å². The first-order valence-corrected chi connectivity index (χ1v) is 10.2. The lowest BCUT2D eigenvalue weighted by molar-refractivity contribution is -0.131. The Balaban J connectivity index is 1.96. The quantitative estimate of drug-likeness (QED) is 0.653. The monoisotopic (exact) mass is 343 g/mol. The highest BCUT2D eigenvalue weighted by Crippen LogP contribution is 2.32. The number of methoxy groups -OCH3 is 1. The van der Waals surface area contributed by atoms with Crippen LogP contribution in [0, 0.1) is 0 Å². The van der Waals surface area contributed by atoms with Gasteiger partial charge in [-0.1, -0.05) is 0 Å². The Hall–Kier alpha value is -0.300. The molecule has 0 saturated carbocycles. The van der Waals surface area contributed by atoms with Crippen molar-refractivity contribution in [3.05, 3.63) is 0 Å². The smallest absolute Gasteiger partial charge is 0.222 e. The Bertz CT molecular complexity index is 383. The molecule has 0 aromatic heterocycles. The van der Waals surface area contributed by atoms with Gasteiger partial charge in [-0.25, -0.2) is 0 Å². The van der Waals surface area contributed by atoms with Crippen molar-refractivity contribution < 1.29 is 9.53 Å². The molecule has 0 bridgehead atoms. The topological polar surface area (TPSA) is 36.0 Å². The average Bonchev–Trinajstić information content (AvgIpc) is 2.70. The van der Waals surface area contributed by atoms with E-state index in [9.17, 15) is 4.79 Å². The number of likely N-dealkylation sites (N-methyl/N-ethyl adjacent to an activating group) is 1. The van der Waals surface area contributed by atoms with Gasteiger partial charge in [0.05, 0.1) is 6.61 Å². The van der Waals surface area contributed by atoms with Crippen molar-refractivity contribution in [2.75, 3.05) is 72.0 Å². The van der Waals surface area contributed by atoms with E-state index >= 15 is 0 Å². The van der Waals surface area contributed by atoms with Crippen molar-refractivity contribution in [2.45, 2.75) is 31.2 Å². The predicted octanol–water partition coefficient (Wildman–Crippen LogP) is 1.38. The highest BCUT2D eigenvalue weighted by Gasteiger charge is 2.41. The molecule has 2 aliphatic heterocycles. The fourth-order valence-electron chi connectivity index (χ4n) is 3.84. The van der Waals surface area contributed by atoms with Gasteiger partial charge in [0, 0.05) is 51.8 Å². The Labute approximate surface area is 145 Å². The van der Waals surface area contributed by atoms with Gasteiger partial charge in [0.25, 0.3) is 0 Å². The van der Waals surface area contributed by atoms with Crippen LogP contribution in [0.15, 0.2) is 0 Å². The van der Waals surface area contributed by atoms with Crippen LogP contribution in [0.1, 0.15) is 25.7 Å². The van der Waals surface area contributed by atoms with Crippen LogP contribution in [0.5, 0.6) is 0 Å². The number of thioether (sulfide) groups is 1. The zero-order chi connectivity index (χ0) is 16.7. The largest absolute Gasteiger partial charge is 0.383 e. The number of piperazine rings is 1. The third-order valence-electron chi connectivity index (χ3n) is 5.47. The van der Waals surface area contributed by atoms with Crippen LogP contribution in [-0.4, -0.2) is 98.2 Å². The van der Waals surface area contributed by atoms with Crippen LogP contribution >= 0.6 is 11.8 Å². The summed E-state index contributed by atoms with van der Waals surface area (Å²) in [6, 6.07) is 0. The van der Waals surface area contributed by atoms with E-state index in [4.69, 9.17) is 4.74 Å². The summed E-state index contributed by atoms with van der Waals surface area (Å²) in [4.78, 5) is 19.5. The zero-order valence-electron chi connectivity index (χ0n) is 15.1. The zero-order valence-corrected chi connectivity index (χ0v) is 15.9. The number of hydrogen-bond donors (Lipinski definition) is 0. The lowest BCUT2D eigenvalue weighted by Gasteiger charge is -2.49. The SMILES string of the molecule is COCCN1CCC2(CCC1=O)CN(CCCSC)CCN2C. The van der Waals surface area contributed by atoms with Crippen molar-refractivity contribution in [2.24, 2.45) is 0 Å². The maximum Gasteiger partial charge on any atom is 0.222 e. The van der Waals surface area contributed by atoms with E-state index in [-0.39, 0.29) is 5.54 Å². The normalized spacial score (nSPS) is 27.6. The third-order valence-corrected chi connectivity index (χ3v) is 6.17. The highest BCUT2D eigenvalue weighted by atomic mass is 32.2.